The number of carbonyl (C=O) groups excluding carboxylic acids is 1. The third-order valence-electron chi connectivity index (χ3n) is 3.34. The van der Waals surface area contributed by atoms with E-state index in [0.717, 1.165) is 19.6 Å². The van der Waals surface area contributed by atoms with Gasteiger partial charge in [-0.3, -0.25) is 4.79 Å². The third-order valence-corrected chi connectivity index (χ3v) is 3.34. The Bertz CT molecular complexity index is 401. The van der Waals surface area contributed by atoms with Crippen molar-refractivity contribution in [2.45, 2.75) is 13.0 Å². The van der Waals surface area contributed by atoms with Crippen molar-refractivity contribution in [1.29, 1.82) is 0 Å². The molecule has 3 heterocycles. The van der Waals surface area contributed by atoms with Crippen LogP contribution < -0.4 is 5.32 Å². The molecule has 2 saturated heterocycles. The van der Waals surface area contributed by atoms with E-state index in [1.54, 1.807) is 6.92 Å². The number of hydrogen-bond acceptors (Lipinski definition) is 4. The molecule has 1 aromatic heterocycles. The van der Waals surface area contributed by atoms with E-state index in [1.165, 1.54) is 6.39 Å². The SMILES string of the molecule is Cc1ncoc1C(=O)N1CC2CNCC21. The van der Waals surface area contributed by atoms with Crippen LogP contribution in [-0.4, -0.2) is 41.5 Å². The molecule has 5 heteroatoms. The fourth-order valence-electron chi connectivity index (χ4n) is 2.39. The summed E-state index contributed by atoms with van der Waals surface area (Å²) in [6.07, 6.45) is 1.33. The number of rotatable bonds is 1. The minimum absolute atomic E-state index is 0.0186. The van der Waals surface area contributed by atoms with Crippen molar-refractivity contribution in [3.8, 4) is 0 Å². The van der Waals surface area contributed by atoms with Gasteiger partial charge < -0.3 is 14.6 Å². The summed E-state index contributed by atoms with van der Waals surface area (Å²) in [4.78, 5) is 17.8. The number of fused-ring (bicyclic) bond motifs is 1. The van der Waals surface area contributed by atoms with Crippen molar-refractivity contribution in [2.24, 2.45) is 5.92 Å². The Hall–Kier alpha value is -1.36. The number of oxazole rings is 1. The van der Waals surface area contributed by atoms with E-state index in [1.807, 2.05) is 4.90 Å². The zero-order valence-electron chi connectivity index (χ0n) is 8.56. The molecule has 0 aliphatic carbocycles. The lowest BCUT2D eigenvalue weighted by molar-refractivity contribution is 0.0296. The first kappa shape index (κ1) is 8.91. The number of aromatic nitrogens is 1. The second-order valence-electron chi connectivity index (χ2n) is 4.21. The summed E-state index contributed by atoms with van der Waals surface area (Å²) in [6, 6.07) is 0.363. The highest BCUT2D eigenvalue weighted by Crippen LogP contribution is 2.29. The lowest BCUT2D eigenvalue weighted by Gasteiger charge is -2.43. The Kier molecular flexibility index (Phi) is 1.82. The smallest absolute Gasteiger partial charge is 0.291 e. The van der Waals surface area contributed by atoms with Crippen LogP contribution in [0.15, 0.2) is 10.8 Å². The normalized spacial score (nSPS) is 28.7. The third kappa shape index (κ3) is 1.19. The van der Waals surface area contributed by atoms with Gasteiger partial charge in [0.2, 0.25) is 5.76 Å². The number of nitrogens with zero attached hydrogens (tertiary/aromatic N) is 2. The highest BCUT2D eigenvalue weighted by atomic mass is 16.3. The van der Waals surface area contributed by atoms with E-state index in [-0.39, 0.29) is 5.91 Å². The molecule has 1 amide bonds. The lowest BCUT2D eigenvalue weighted by atomic mass is 9.91. The topological polar surface area (TPSA) is 58.4 Å². The molecule has 1 N–H and O–H groups in total. The average Bonchev–Trinajstić information content (AvgIpc) is 2.74. The van der Waals surface area contributed by atoms with Crippen LogP contribution in [0.1, 0.15) is 16.2 Å². The summed E-state index contributed by atoms with van der Waals surface area (Å²) in [5, 5.41) is 3.29. The van der Waals surface area contributed by atoms with E-state index in [4.69, 9.17) is 4.42 Å². The van der Waals surface area contributed by atoms with Gasteiger partial charge in [0, 0.05) is 25.6 Å². The first-order valence-corrected chi connectivity index (χ1v) is 5.19. The van der Waals surface area contributed by atoms with Gasteiger partial charge in [0.05, 0.1) is 11.7 Å². The van der Waals surface area contributed by atoms with Gasteiger partial charge in [-0.15, -0.1) is 0 Å². The average molecular weight is 207 g/mol. The van der Waals surface area contributed by atoms with E-state index in [2.05, 4.69) is 10.3 Å². The molecule has 2 aliphatic heterocycles. The predicted octanol–water partition coefficient (Wildman–Crippen LogP) is 0.0268. The molecule has 2 aliphatic rings. The van der Waals surface area contributed by atoms with Crippen LogP contribution in [-0.2, 0) is 0 Å². The van der Waals surface area contributed by atoms with E-state index >= 15 is 0 Å². The van der Waals surface area contributed by atoms with E-state index in [9.17, 15) is 4.79 Å². The van der Waals surface area contributed by atoms with Crippen LogP contribution in [0, 0.1) is 12.8 Å². The van der Waals surface area contributed by atoms with Gasteiger partial charge in [-0.2, -0.15) is 0 Å². The summed E-state index contributed by atoms with van der Waals surface area (Å²) >= 11 is 0. The molecule has 2 fully saturated rings. The molecular weight excluding hydrogens is 194 g/mol. The van der Waals surface area contributed by atoms with Crippen LogP contribution >= 0.6 is 0 Å². The maximum atomic E-state index is 12.0. The molecule has 2 unspecified atom stereocenters. The fraction of sp³-hybridized carbons (Fsp3) is 0.600. The lowest BCUT2D eigenvalue weighted by Crippen LogP contribution is -2.58. The van der Waals surface area contributed by atoms with Gasteiger partial charge in [0.25, 0.3) is 5.91 Å². The van der Waals surface area contributed by atoms with Crippen LogP contribution in [0.4, 0.5) is 0 Å². The van der Waals surface area contributed by atoms with E-state index in [0.29, 0.717) is 23.4 Å². The molecule has 2 atom stereocenters. The Balaban J connectivity index is 1.79. The van der Waals surface area contributed by atoms with Crippen LogP contribution in [0.3, 0.4) is 0 Å². The Morgan fingerprint density at radius 3 is 3.20 bits per heavy atom. The summed E-state index contributed by atoms with van der Waals surface area (Å²) in [5.41, 5.74) is 0.675. The van der Waals surface area contributed by atoms with Crippen molar-refractivity contribution in [1.82, 2.24) is 15.2 Å². The van der Waals surface area contributed by atoms with Crippen LogP contribution in [0.5, 0.6) is 0 Å². The molecule has 0 saturated carbocycles. The minimum atomic E-state index is -0.0186. The largest absolute Gasteiger partial charge is 0.438 e. The molecule has 0 bridgehead atoms. The summed E-state index contributed by atoms with van der Waals surface area (Å²) in [5.74, 6) is 1.01. The molecule has 80 valence electrons. The molecule has 0 spiro atoms. The van der Waals surface area contributed by atoms with Gasteiger partial charge in [0.1, 0.15) is 0 Å². The number of amides is 1. The summed E-state index contributed by atoms with van der Waals surface area (Å²) < 4.78 is 5.11. The number of nitrogens with one attached hydrogen (secondary N) is 1. The molecular formula is C10H13N3O2. The number of aryl methyl sites for hydroxylation is 1. The number of likely N-dealkylation sites (tertiary alicyclic amines) is 1. The second kappa shape index (κ2) is 3.06. The zero-order chi connectivity index (χ0) is 10.4. The Labute approximate surface area is 87.5 Å². The van der Waals surface area contributed by atoms with Gasteiger partial charge in [-0.1, -0.05) is 0 Å². The first-order chi connectivity index (χ1) is 7.27. The quantitative estimate of drug-likeness (QED) is 0.705. The standard InChI is InChI=1S/C10H13N3O2/c1-6-9(15-5-12-6)10(14)13-4-7-2-11-3-8(7)13/h5,7-8,11H,2-4H2,1H3. The van der Waals surface area contributed by atoms with Crippen molar-refractivity contribution < 1.29 is 9.21 Å². The first-order valence-electron chi connectivity index (χ1n) is 5.19. The van der Waals surface area contributed by atoms with Gasteiger partial charge in [-0.05, 0) is 6.92 Å². The second-order valence-corrected chi connectivity index (χ2v) is 4.21. The maximum absolute atomic E-state index is 12.0. The van der Waals surface area contributed by atoms with Crippen molar-refractivity contribution in [2.75, 3.05) is 19.6 Å². The maximum Gasteiger partial charge on any atom is 0.291 e. The molecule has 1 aromatic rings. The van der Waals surface area contributed by atoms with E-state index < -0.39 is 0 Å². The van der Waals surface area contributed by atoms with Gasteiger partial charge in [0.15, 0.2) is 6.39 Å². The molecule has 0 radical (unpaired) electrons. The molecule has 5 nitrogen and oxygen atoms in total. The number of hydrogen-bond donors (Lipinski definition) is 1. The Morgan fingerprint density at radius 1 is 1.67 bits per heavy atom. The van der Waals surface area contributed by atoms with Gasteiger partial charge >= 0.3 is 0 Å². The fourth-order valence-corrected chi connectivity index (χ4v) is 2.39. The highest BCUT2D eigenvalue weighted by Gasteiger charge is 2.45. The molecule has 15 heavy (non-hydrogen) atoms. The van der Waals surface area contributed by atoms with Crippen LogP contribution in [0.25, 0.3) is 0 Å². The van der Waals surface area contributed by atoms with Gasteiger partial charge in [-0.25, -0.2) is 4.98 Å². The number of carbonyl (C=O) groups is 1. The van der Waals surface area contributed by atoms with Crippen LogP contribution in [0.2, 0.25) is 0 Å². The highest BCUT2D eigenvalue weighted by molar-refractivity contribution is 5.93. The summed E-state index contributed by atoms with van der Waals surface area (Å²) in [6.45, 7) is 4.57. The molecule has 3 rings (SSSR count). The predicted molar refractivity (Wildman–Crippen MR) is 52.4 cm³/mol. The minimum Gasteiger partial charge on any atom is -0.438 e. The monoisotopic (exact) mass is 207 g/mol. The zero-order valence-corrected chi connectivity index (χ0v) is 8.56. The molecule has 0 aromatic carbocycles. The van der Waals surface area contributed by atoms with Crippen molar-refractivity contribution in [3.63, 3.8) is 0 Å². The summed E-state index contributed by atoms with van der Waals surface area (Å²) in [7, 11) is 0. The van der Waals surface area contributed by atoms with Crippen molar-refractivity contribution >= 4 is 5.91 Å². The van der Waals surface area contributed by atoms with Crippen molar-refractivity contribution in [3.05, 3.63) is 17.8 Å². The Morgan fingerprint density at radius 2 is 2.53 bits per heavy atom.